The molecule has 164 valence electrons. The number of benzene rings is 2. The highest BCUT2D eigenvalue weighted by Crippen LogP contribution is 2.20. The molecule has 0 spiro atoms. The molecular weight excluding hydrogens is 430 g/mol. The summed E-state index contributed by atoms with van der Waals surface area (Å²) in [7, 11) is 0. The smallest absolute Gasteiger partial charge is 0.276 e. The lowest BCUT2D eigenvalue weighted by atomic mass is 10.1. The number of nitrogens with one attached hydrogen (secondary N) is 1. The van der Waals surface area contributed by atoms with Crippen molar-refractivity contribution in [1.29, 1.82) is 0 Å². The van der Waals surface area contributed by atoms with Crippen molar-refractivity contribution < 1.29 is 14.3 Å². The number of aryl methyl sites for hydroxylation is 2. The minimum Gasteiger partial charge on any atom is -0.471 e. The normalized spacial score (nSPS) is 10.7. The van der Waals surface area contributed by atoms with Crippen LogP contribution in [0.5, 0.6) is 11.5 Å². The monoisotopic (exact) mass is 451 g/mol. The van der Waals surface area contributed by atoms with Crippen LogP contribution >= 0.6 is 11.6 Å². The average Bonchev–Trinajstić information content (AvgIpc) is 3.41. The van der Waals surface area contributed by atoms with Crippen molar-refractivity contribution in [2.75, 3.05) is 5.32 Å². The van der Waals surface area contributed by atoms with E-state index in [1.807, 2.05) is 26.0 Å². The Hall–Kier alpha value is -3.78. The molecule has 2 aromatic carbocycles. The van der Waals surface area contributed by atoms with Gasteiger partial charge in [0.05, 0.1) is 18.1 Å². The second kappa shape index (κ2) is 9.57. The fourth-order valence-corrected chi connectivity index (χ4v) is 3.22. The predicted molar refractivity (Wildman–Crippen MR) is 121 cm³/mol. The molecule has 0 bridgehead atoms. The van der Waals surface area contributed by atoms with Gasteiger partial charge in [0.25, 0.3) is 5.91 Å². The van der Waals surface area contributed by atoms with E-state index >= 15 is 0 Å². The van der Waals surface area contributed by atoms with Crippen LogP contribution in [0.15, 0.2) is 67.1 Å². The van der Waals surface area contributed by atoms with Crippen molar-refractivity contribution in [2.45, 2.75) is 27.3 Å². The molecule has 0 aliphatic carbocycles. The van der Waals surface area contributed by atoms with Gasteiger partial charge in [-0.15, -0.1) is 0 Å². The molecule has 4 rings (SSSR count). The summed E-state index contributed by atoms with van der Waals surface area (Å²) in [4.78, 5) is 12.5. The van der Waals surface area contributed by atoms with Gasteiger partial charge >= 0.3 is 0 Å². The van der Waals surface area contributed by atoms with Gasteiger partial charge in [-0.2, -0.15) is 10.2 Å². The molecule has 0 saturated heterocycles. The minimum atomic E-state index is -0.346. The molecule has 4 aromatic rings. The molecule has 9 heteroatoms. The van der Waals surface area contributed by atoms with Crippen molar-refractivity contribution in [3.63, 3.8) is 0 Å². The molecule has 0 aliphatic heterocycles. The molecule has 0 fully saturated rings. The van der Waals surface area contributed by atoms with E-state index in [4.69, 9.17) is 21.1 Å². The van der Waals surface area contributed by atoms with Gasteiger partial charge in [-0.25, -0.2) is 9.36 Å². The van der Waals surface area contributed by atoms with Crippen LogP contribution in [-0.4, -0.2) is 25.5 Å². The summed E-state index contributed by atoms with van der Waals surface area (Å²) in [6, 6.07) is 14.7. The van der Waals surface area contributed by atoms with E-state index in [9.17, 15) is 4.79 Å². The lowest BCUT2D eigenvalue weighted by Crippen LogP contribution is -2.14. The van der Waals surface area contributed by atoms with E-state index in [0.29, 0.717) is 16.5 Å². The van der Waals surface area contributed by atoms with Crippen LogP contribution in [0.3, 0.4) is 0 Å². The second-order valence-electron chi connectivity index (χ2n) is 7.24. The van der Waals surface area contributed by atoms with Crippen LogP contribution in [-0.2, 0) is 13.5 Å². The van der Waals surface area contributed by atoms with Gasteiger partial charge in [0, 0.05) is 11.2 Å². The molecule has 2 heterocycles. The molecule has 2 aromatic heterocycles. The Bertz CT molecular complexity index is 1230. The van der Waals surface area contributed by atoms with Crippen LogP contribution in [0, 0.1) is 13.8 Å². The molecule has 8 nitrogen and oxygen atoms in total. The predicted octanol–water partition coefficient (Wildman–Crippen LogP) is 4.68. The zero-order valence-corrected chi connectivity index (χ0v) is 18.4. The lowest BCUT2D eigenvalue weighted by molar-refractivity contribution is 0.102. The summed E-state index contributed by atoms with van der Waals surface area (Å²) < 4.78 is 14.6. The number of carbonyl (C=O) groups excluding carboxylic acids is 1. The fourth-order valence-electron chi connectivity index (χ4n) is 3.04. The maximum atomic E-state index is 12.5. The molecule has 32 heavy (non-hydrogen) atoms. The first-order valence-electron chi connectivity index (χ1n) is 9.92. The zero-order chi connectivity index (χ0) is 22.5. The topological polar surface area (TPSA) is 83.2 Å². The molecular formula is C23H22ClN5O3. The van der Waals surface area contributed by atoms with Crippen molar-refractivity contribution >= 4 is 23.2 Å². The Balaban J connectivity index is 1.30. The molecule has 0 unspecified atom stereocenters. The fraction of sp³-hybridized carbons (Fsp3) is 0.174. The van der Waals surface area contributed by atoms with Gasteiger partial charge < -0.3 is 14.8 Å². The molecule has 0 atom stereocenters. The number of nitrogens with zero attached hydrogens (tertiary/aromatic N) is 4. The summed E-state index contributed by atoms with van der Waals surface area (Å²) in [6.45, 7) is 4.42. The molecule has 1 amide bonds. The summed E-state index contributed by atoms with van der Waals surface area (Å²) in [6.07, 6.45) is 4.92. The Kier molecular flexibility index (Phi) is 6.42. The molecule has 0 radical (unpaired) electrons. The van der Waals surface area contributed by atoms with Crippen LogP contribution in [0.4, 0.5) is 5.69 Å². The number of ether oxygens (including phenoxy) is 2. The summed E-state index contributed by atoms with van der Waals surface area (Å²) >= 11 is 5.94. The Morgan fingerprint density at radius 2 is 1.91 bits per heavy atom. The highest BCUT2D eigenvalue weighted by atomic mass is 35.5. The van der Waals surface area contributed by atoms with Crippen molar-refractivity contribution in [3.8, 4) is 11.5 Å². The number of hydrogen-bond acceptors (Lipinski definition) is 5. The number of rotatable bonds is 8. The quantitative estimate of drug-likeness (QED) is 0.420. The van der Waals surface area contributed by atoms with Crippen LogP contribution in [0.1, 0.15) is 21.6 Å². The van der Waals surface area contributed by atoms with E-state index in [0.717, 1.165) is 11.3 Å². The molecule has 0 aliphatic rings. The first-order valence-corrected chi connectivity index (χ1v) is 10.3. The van der Waals surface area contributed by atoms with E-state index in [1.54, 1.807) is 53.6 Å². The maximum absolute atomic E-state index is 12.5. The van der Waals surface area contributed by atoms with Crippen LogP contribution in [0.2, 0.25) is 5.02 Å². The van der Waals surface area contributed by atoms with Crippen molar-refractivity contribution in [1.82, 2.24) is 19.6 Å². The van der Waals surface area contributed by atoms with Gasteiger partial charge in [-0.1, -0.05) is 35.4 Å². The second-order valence-corrected chi connectivity index (χ2v) is 7.67. The average molecular weight is 452 g/mol. The number of anilines is 1. The SMILES string of the molecule is Cc1ccc(OCn2cc(NC(=O)c3ccn(COc4cccc(Cl)c4)n3)cn2)c(C)c1. The Morgan fingerprint density at radius 1 is 1.06 bits per heavy atom. The van der Waals surface area contributed by atoms with Gasteiger partial charge in [0.2, 0.25) is 0 Å². The van der Waals surface area contributed by atoms with Crippen LogP contribution in [0.25, 0.3) is 0 Å². The third-order valence-corrected chi connectivity index (χ3v) is 4.84. The number of amides is 1. The zero-order valence-electron chi connectivity index (χ0n) is 17.7. The third kappa shape index (κ3) is 5.47. The van der Waals surface area contributed by atoms with Gasteiger partial charge in [0.15, 0.2) is 19.2 Å². The van der Waals surface area contributed by atoms with E-state index in [1.165, 1.54) is 10.2 Å². The summed E-state index contributed by atoms with van der Waals surface area (Å²) in [5.41, 5.74) is 3.04. The van der Waals surface area contributed by atoms with E-state index < -0.39 is 0 Å². The first-order chi connectivity index (χ1) is 15.5. The largest absolute Gasteiger partial charge is 0.471 e. The standard InChI is InChI=1S/C23H22ClN5O3/c1-16-6-7-22(17(2)10-16)32-15-29-13-19(12-25-29)26-23(30)21-8-9-28(27-21)14-31-20-5-3-4-18(24)11-20/h3-13H,14-15H2,1-2H3,(H,26,30). The van der Waals surface area contributed by atoms with Crippen molar-refractivity contribution in [3.05, 3.63) is 89.0 Å². The van der Waals surface area contributed by atoms with E-state index in [2.05, 4.69) is 21.6 Å². The third-order valence-electron chi connectivity index (χ3n) is 4.61. The highest BCUT2D eigenvalue weighted by molar-refractivity contribution is 6.30. The number of carbonyl (C=O) groups is 1. The minimum absolute atomic E-state index is 0.154. The highest BCUT2D eigenvalue weighted by Gasteiger charge is 2.12. The van der Waals surface area contributed by atoms with Gasteiger partial charge in [-0.3, -0.25) is 4.79 Å². The number of aromatic nitrogens is 4. The number of halogens is 1. The summed E-state index contributed by atoms with van der Waals surface area (Å²) in [5.74, 6) is 1.07. The molecule has 0 saturated carbocycles. The Labute approximate surface area is 190 Å². The Morgan fingerprint density at radius 3 is 2.72 bits per heavy atom. The first kappa shape index (κ1) is 21.5. The molecule has 1 N–H and O–H groups in total. The maximum Gasteiger partial charge on any atom is 0.276 e. The van der Waals surface area contributed by atoms with Gasteiger partial charge in [0.1, 0.15) is 11.5 Å². The number of hydrogen-bond donors (Lipinski definition) is 1. The van der Waals surface area contributed by atoms with Gasteiger partial charge in [-0.05, 0) is 49.7 Å². The summed E-state index contributed by atoms with van der Waals surface area (Å²) in [5, 5.41) is 11.8. The van der Waals surface area contributed by atoms with Crippen molar-refractivity contribution in [2.24, 2.45) is 0 Å². The van der Waals surface area contributed by atoms with Crippen LogP contribution < -0.4 is 14.8 Å². The van der Waals surface area contributed by atoms with E-state index in [-0.39, 0.29) is 25.1 Å². The lowest BCUT2D eigenvalue weighted by Gasteiger charge is -2.09.